The van der Waals surface area contributed by atoms with Gasteiger partial charge in [-0.1, -0.05) is 23.2 Å². The predicted molar refractivity (Wildman–Crippen MR) is 119 cm³/mol. The molecule has 0 aliphatic carbocycles. The summed E-state index contributed by atoms with van der Waals surface area (Å²) < 4.78 is 47.1. The van der Waals surface area contributed by atoms with Gasteiger partial charge in [0.1, 0.15) is 22.4 Å². The molecule has 2 aromatic heterocycles. The SMILES string of the molecule is CNC(=O)c1cc2nsnc2c(Cl)c1NC(=O)C(C=C(N)C(F)(F)F)=Nc1ncccc1Cl. The maximum absolute atomic E-state index is 13.0. The van der Waals surface area contributed by atoms with E-state index in [2.05, 4.69) is 29.4 Å². The second-order valence-corrected chi connectivity index (χ2v) is 7.50. The number of hydrogen-bond donors (Lipinski definition) is 3. The summed E-state index contributed by atoms with van der Waals surface area (Å²) in [6.45, 7) is 0. The highest BCUT2D eigenvalue weighted by Gasteiger charge is 2.33. The first-order chi connectivity index (χ1) is 15.5. The fourth-order valence-electron chi connectivity index (χ4n) is 2.45. The largest absolute Gasteiger partial charge is 0.430 e. The van der Waals surface area contributed by atoms with Gasteiger partial charge in [-0.15, -0.1) is 0 Å². The van der Waals surface area contributed by atoms with Gasteiger partial charge in [-0.05, 0) is 24.3 Å². The van der Waals surface area contributed by atoms with Crippen molar-refractivity contribution < 1.29 is 22.8 Å². The first-order valence-electron chi connectivity index (χ1n) is 8.74. The molecule has 0 spiro atoms. The molecule has 0 bridgehead atoms. The first kappa shape index (κ1) is 24.4. The molecule has 3 rings (SSSR count). The molecule has 2 amide bonds. The molecular formula is C18H12Cl2F3N7O2S. The average Bonchev–Trinajstić information content (AvgIpc) is 3.24. The number of halogens is 5. The van der Waals surface area contributed by atoms with E-state index in [0.29, 0.717) is 6.08 Å². The molecule has 0 atom stereocenters. The number of alkyl halides is 3. The Kier molecular flexibility index (Phi) is 7.15. The third kappa shape index (κ3) is 5.38. The van der Waals surface area contributed by atoms with Crippen LogP contribution in [-0.2, 0) is 4.79 Å². The fourth-order valence-corrected chi connectivity index (χ4v) is 3.49. The zero-order valence-corrected chi connectivity index (χ0v) is 18.7. The maximum atomic E-state index is 13.0. The Morgan fingerprint density at radius 3 is 2.64 bits per heavy atom. The molecule has 0 saturated heterocycles. The zero-order chi connectivity index (χ0) is 24.3. The molecule has 2 heterocycles. The van der Waals surface area contributed by atoms with Crippen LogP contribution < -0.4 is 16.4 Å². The van der Waals surface area contributed by atoms with Crippen LogP contribution in [0.2, 0.25) is 10.0 Å². The monoisotopic (exact) mass is 517 g/mol. The Bertz CT molecular complexity index is 1310. The van der Waals surface area contributed by atoms with Crippen LogP contribution in [0.15, 0.2) is 41.2 Å². The molecule has 15 heteroatoms. The number of nitrogens with zero attached hydrogens (tertiary/aromatic N) is 4. The molecule has 3 aromatic rings. The van der Waals surface area contributed by atoms with E-state index in [-0.39, 0.29) is 38.1 Å². The number of carbonyl (C=O) groups is 2. The maximum Gasteiger partial charge on any atom is 0.430 e. The topological polar surface area (TPSA) is 135 Å². The van der Waals surface area contributed by atoms with Gasteiger partial charge in [0, 0.05) is 13.2 Å². The lowest BCUT2D eigenvalue weighted by atomic mass is 10.1. The lowest BCUT2D eigenvalue weighted by Crippen LogP contribution is -2.28. The van der Waals surface area contributed by atoms with Gasteiger partial charge in [0.05, 0.1) is 33.0 Å². The van der Waals surface area contributed by atoms with Crippen molar-refractivity contribution in [1.29, 1.82) is 0 Å². The smallest absolute Gasteiger partial charge is 0.395 e. The molecular weight excluding hydrogens is 506 g/mol. The number of pyridine rings is 1. The number of fused-ring (bicyclic) bond motifs is 1. The van der Waals surface area contributed by atoms with Crippen LogP contribution >= 0.6 is 34.9 Å². The molecule has 0 aliphatic heterocycles. The normalized spacial score (nSPS) is 12.7. The number of amides is 2. The summed E-state index contributed by atoms with van der Waals surface area (Å²) in [6.07, 6.45) is -3.34. The van der Waals surface area contributed by atoms with E-state index in [1.54, 1.807) is 0 Å². The van der Waals surface area contributed by atoms with Crippen LogP contribution in [0, 0.1) is 0 Å². The minimum absolute atomic E-state index is 0.0270. The van der Waals surface area contributed by atoms with Crippen molar-refractivity contribution in [2.45, 2.75) is 6.18 Å². The number of anilines is 1. The molecule has 0 aliphatic rings. The van der Waals surface area contributed by atoms with Crippen molar-refractivity contribution in [3.8, 4) is 0 Å². The van der Waals surface area contributed by atoms with Crippen LogP contribution in [-0.4, -0.2) is 44.5 Å². The summed E-state index contributed by atoms with van der Waals surface area (Å²) in [5.41, 5.74) is 2.86. The molecule has 9 nitrogen and oxygen atoms in total. The van der Waals surface area contributed by atoms with Crippen LogP contribution in [0.4, 0.5) is 24.7 Å². The van der Waals surface area contributed by atoms with Crippen LogP contribution in [0.25, 0.3) is 11.0 Å². The Morgan fingerprint density at radius 1 is 1.27 bits per heavy atom. The van der Waals surface area contributed by atoms with Crippen LogP contribution in [0.1, 0.15) is 10.4 Å². The second-order valence-electron chi connectivity index (χ2n) is 6.18. The Labute approximate surface area is 197 Å². The summed E-state index contributed by atoms with van der Waals surface area (Å²) in [5, 5.41) is 4.51. The minimum atomic E-state index is -4.94. The second kappa shape index (κ2) is 9.68. The number of hydrogen-bond acceptors (Lipinski definition) is 8. The van der Waals surface area contributed by atoms with E-state index in [1.807, 2.05) is 0 Å². The highest BCUT2D eigenvalue weighted by molar-refractivity contribution is 7.00. The number of allylic oxidation sites excluding steroid dienone is 1. The van der Waals surface area contributed by atoms with Gasteiger partial charge in [0.25, 0.3) is 11.8 Å². The van der Waals surface area contributed by atoms with Crippen molar-refractivity contribution in [3.63, 3.8) is 0 Å². The van der Waals surface area contributed by atoms with E-state index in [0.717, 1.165) is 11.7 Å². The Hall–Kier alpha value is -3.29. The van der Waals surface area contributed by atoms with Gasteiger partial charge in [0.2, 0.25) is 0 Å². The van der Waals surface area contributed by atoms with Gasteiger partial charge in [-0.25, -0.2) is 9.98 Å². The third-order valence-corrected chi connectivity index (χ3v) is 5.23. The lowest BCUT2D eigenvalue weighted by molar-refractivity contribution is -0.110. The molecule has 0 unspecified atom stereocenters. The van der Waals surface area contributed by atoms with Crippen molar-refractivity contribution in [3.05, 3.63) is 51.8 Å². The summed E-state index contributed by atoms with van der Waals surface area (Å²) in [7, 11) is 1.34. The van der Waals surface area contributed by atoms with E-state index in [1.165, 1.54) is 31.4 Å². The minimum Gasteiger partial charge on any atom is -0.395 e. The zero-order valence-electron chi connectivity index (χ0n) is 16.4. The fraction of sp³-hybridized carbons (Fsp3) is 0.111. The molecule has 0 saturated carbocycles. The van der Waals surface area contributed by atoms with E-state index >= 15 is 0 Å². The molecule has 1 aromatic carbocycles. The molecule has 0 fully saturated rings. The van der Waals surface area contributed by atoms with Gasteiger partial charge in [-0.2, -0.15) is 21.9 Å². The van der Waals surface area contributed by atoms with Crippen molar-refractivity contribution in [2.24, 2.45) is 10.7 Å². The predicted octanol–water partition coefficient (Wildman–Crippen LogP) is 3.87. The molecule has 172 valence electrons. The van der Waals surface area contributed by atoms with Crippen LogP contribution in [0.5, 0.6) is 0 Å². The number of nitrogens with one attached hydrogen (secondary N) is 2. The summed E-state index contributed by atoms with van der Waals surface area (Å²) >= 11 is 13.1. The van der Waals surface area contributed by atoms with Crippen molar-refractivity contribution in [2.75, 3.05) is 12.4 Å². The highest BCUT2D eigenvalue weighted by Crippen LogP contribution is 2.34. The highest BCUT2D eigenvalue weighted by atomic mass is 35.5. The van der Waals surface area contributed by atoms with Crippen molar-refractivity contribution in [1.82, 2.24) is 19.0 Å². The van der Waals surface area contributed by atoms with E-state index < -0.39 is 29.4 Å². The molecule has 4 N–H and O–H groups in total. The van der Waals surface area contributed by atoms with Gasteiger partial charge < -0.3 is 16.4 Å². The number of carbonyl (C=O) groups excluding carboxylic acids is 2. The summed E-state index contributed by atoms with van der Waals surface area (Å²) in [5.74, 6) is -2.04. The Morgan fingerprint density at radius 2 is 2.00 bits per heavy atom. The quantitative estimate of drug-likeness (QED) is 0.439. The molecule has 33 heavy (non-hydrogen) atoms. The first-order valence-corrected chi connectivity index (χ1v) is 10.2. The standard InChI is InChI=1S/C18H12Cl2F3N7O2S/c1-25-16(31)7-5-9-14(30-33-29-9)12(20)13(7)28-17(32)10(6-11(24)18(21,22)23)27-15-8(19)3-2-4-26-15/h2-6H,24H2,1H3,(H,25,31)(H,28,32). The van der Waals surface area contributed by atoms with E-state index in [4.69, 9.17) is 28.9 Å². The number of aromatic nitrogens is 3. The third-order valence-electron chi connectivity index (χ3n) is 4.02. The van der Waals surface area contributed by atoms with E-state index in [9.17, 15) is 22.8 Å². The van der Waals surface area contributed by atoms with Gasteiger partial charge in [-0.3, -0.25) is 9.59 Å². The summed E-state index contributed by atoms with van der Waals surface area (Å²) in [4.78, 5) is 33.0. The van der Waals surface area contributed by atoms with Crippen LogP contribution in [0.3, 0.4) is 0 Å². The average molecular weight is 518 g/mol. The number of aliphatic imine (C=N–C) groups is 1. The number of benzene rings is 1. The number of nitrogens with two attached hydrogens (primary N) is 1. The lowest BCUT2D eigenvalue weighted by Gasteiger charge is -2.13. The van der Waals surface area contributed by atoms with Gasteiger partial charge >= 0.3 is 6.18 Å². The summed E-state index contributed by atoms with van der Waals surface area (Å²) in [6, 6.07) is 4.17. The number of rotatable bonds is 5. The molecule has 0 radical (unpaired) electrons. The van der Waals surface area contributed by atoms with Crippen molar-refractivity contribution >= 4 is 75.0 Å². The Balaban J connectivity index is 2.13. The van der Waals surface area contributed by atoms with Gasteiger partial charge in [0.15, 0.2) is 5.82 Å².